The lowest BCUT2D eigenvalue weighted by Gasteiger charge is -2.30. The number of nitrogens with one attached hydrogen (secondary N) is 1. The van der Waals surface area contributed by atoms with Gasteiger partial charge in [-0.3, -0.25) is 9.36 Å². The second-order valence-corrected chi connectivity index (χ2v) is 10.5. The number of aromatic nitrogens is 4. The molecule has 1 saturated heterocycles. The SMILES string of the molecule is COc1ccc(OC(=O)N2CCC(CC#Cc3nc(N)c4ncn(CO[C@H](C(=O)NC5CC5)[C@H](O)CO)c4n3)CC2)cc1. The van der Waals surface area contributed by atoms with E-state index in [0.29, 0.717) is 48.1 Å². The number of carbonyl (C=O) groups is 2. The second-order valence-electron chi connectivity index (χ2n) is 10.5. The molecule has 1 aromatic carbocycles. The summed E-state index contributed by atoms with van der Waals surface area (Å²) in [6.45, 7) is 0.343. The molecule has 14 heteroatoms. The fourth-order valence-electron chi connectivity index (χ4n) is 4.65. The number of nitrogens with zero attached hydrogens (tertiary/aromatic N) is 5. The molecular formula is C29H35N7O7. The first-order valence-corrected chi connectivity index (χ1v) is 14.1. The number of aliphatic hydroxyl groups excluding tert-OH is 2. The number of benzene rings is 1. The maximum Gasteiger partial charge on any atom is 0.415 e. The zero-order valence-corrected chi connectivity index (χ0v) is 23.8. The number of rotatable bonds is 10. The lowest BCUT2D eigenvalue weighted by Crippen LogP contribution is -2.46. The zero-order chi connectivity index (χ0) is 30.3. The van der Waals surface area contributed by atoms with Gasteiger partial charge in [-0.25, -0.2) is 19.7 Å². The Labute approximate surface area is 248 Å². The van der Waals surface area contributed by atoms with Gasteiger partial charge in [0, 0.05) is 25.6 Å². The number of nitrogen functional groups attached to an aromatic ring is 1. The number of fused-ring (bicyclic) bond motifs is 1. The Kier molecular flexibility index (Phi) is 9.55. The molecule has 2 atom stereocenters. The highest BCUT2D eigenvalue weighted by atomic mass is 16.6. The van der Waals surface area contributed by atoms with Crippen molar-refractivity contribution in [3.05, 3.63) is 36.4 Å². The van der Waals surface area contributed by atoms with Crippen molar-refractivity contribution in [3.63, 3.8) is 0 Å². The van der Waals surface area contributed by atoms with Crippen molar-refractivity contribution < 1.29 is 34.0 Å². The van der Waals surface area contributed by atoms with Crippen molar-refractivity contribution in [2.45, 2.75) is 57.1 Å². The molecule has 1 aliphatic carbocycles. The average Bonchev–Trinajstić information content (AvgIpc) is 3.74. The van der Waals surface area contributed by atoms with Crippen LogP contribution in [0.1, 0.15) is 37.9 Å². The summed E-state index contributed by atoms with van der Waals surface area (Å²) in [5.41, 5.74) is 6.82. The third kappa shape index (κ3) is 7.69. The maximum atomic E-state index is 12.5. The van der Waals surface area contributed by atoms with E-state index >= 15 is 0 Å². The fourth-order valence-corrected chi connectivity index (χ4v) is 4.65. The molecule has 2 fully saturated rings. The lowest BCUT2D eigenvalue weighted by molar-refractivity contribution is -0.147. The van der Waals surface area contributed by atoms with Crippen LogP contribution in [0.25, 0.3) is 11.2 Å². The van der Waals surface area contributed by atoms with E-state index in [1.54, 1.807) is 36.3 Å². The number of carbonyl (C=O) groups excluding carboxylic acids is 2. The number of hydrogen-bond acceptors (Lipinski definition) is 11. The number of amides is 2. The smallest absolute Gasteiger partial charge is 0.415 e. The van der Waals surface area contributed by atoms with E-state index in [4.69, 9.17) is 19.9 Å². The van der Waals surface area contributed by atoms with Crippen molar-refractivity contribution in [2.24, 2.45) is 5.92 Å². The molecule has 1 aliphatic heterocycles. The van der Waals surface area contributed by atoms with Crippen molar-refractivity contribution in [1.29, 1.82) is 0 Å². The molecule has 14 nitrogen and oxygen atoms in total. The van der Waals surface area contributed by atoms with Crippen LogP contribution in [0.2, 0.25) is 0 Å². The first kappa shape index (κ1) is 30.0. The van der Waals surface area contributed by atoms with Gasteiger partial charge in [-0.2, -0.15) is 0 Å². The Balaban J connectivity index is 1.15. The molecule has 3 heterocycles. The number of ether oxygens (including phenoxy) is 3. The third-order valence-electron chi connectivity index (χ3n) is 7.33. The van der Waals surface area contributed by atoms with E-state index in [2.05, 4.69) is 32.1 Å². The summed E-state index contributed by atoms with van der Waals surface area (Å²) in [4.78, 5) is 39.7. The van der Waals surface area contributed by atoms with E-state index in [1.165, 1.54) is 10.9 Å². The quantitative estimate of drug-likeness (QED) is 0.246. The number of methoxy groups -OCH3 is 1. The molecule has 43 heavy (non-hydrogen) atoms. The monoisotopic (exact) mass is 593 g/mol. The molecule has 1 saturated carbocycles. The largest absolute Gasteiger partial charge is 0.497 e. The Morgan fingerprint density at radius 2 is 1.86 bits per heavy atom. The lowest BCUT2D eigenvalue weighted by atomic mass is 9.94. The van der Waals surface area contributed by atoms with Gasteiger partial charge in [0.2, 0.25) is 5.82 Å². The van der Waals surface area contributed by atoms with E-state index in [1.807, 2.05) is 0 Å². The van der Waals surface area contributed by atoms with Gasteiger partial charge in [0.1, 0.15) is 29.9 Å². The minimum absolute atomic E-state index is 0.0707. The predicted molar refractivity (Wildman–Crippen MR) is 154 cm³/mol. The minimum Gasteiger partial charge on any atom is -0.497 e. The van der Waals surface area contributed by atoms with Gasteiger partial charge >= 0.3 is 6.09 Å². The number of hydrogen-bond donors (Lipinski definition) is 4. The molecule has 0 radical (unpaired) electrons. The Hall–Kier alpha value is -4.45. The maximum absolute atomic E-state index is 12.5. The molecule has 0 spiro atoms. The van der Waals surface area contributed by atoms with Gasteiger partial charge in [-0.05, 0) is 61.8 Å². The van der Waals surface area contributed by atoms with Crippen LogP contribution in [0, 0.1) is 17.8 Å². The highest BCUT2D eigenvalue weighted by molar-refractivity contribution is 5.82. The Morgan fingerprint density at radius 1 is 1.14 bits per heavy atom. The Bertz CT molecular complexity index is 1490. The van der Waals surface area contributed by atoms with Gasteiger partial charge in [-0.1, -0.05) is 5.92 Å². The molecule has 228 valence electrons. The summed E-state index contributed by atoms with van der Waals surface area (Å²) < 4.78 is 17.8. The molecule has 2 amide bonds. The summed E-state index contributed by atoms with van der Waals surface area (Å²) in [5.74, 6) is 7.42. The van der Waals surface area contributed by atoms with Crippen LogP contribution in [-0.2, 0) is 16.3 Å². The number of aliphatic hydroxyl groups is 2. The standard InChI is InChI=1S/C29H35N7O7/c1-41-20-7-9-21(10-8-20)43-29(40)35-13-11-18(12-14-35)3-2-4-23-33-26(30)24-27(34-23)36(16-31-24)17-42-25(22(38)15-37)28(39)32-19-5-6-19/h7-10,16,18-19,22,25,37-38H,3,5-6,11-15,17H2,1H3,(H,32,39)(H2,30,33,34)/t22-,25+/m1/s1. The van der Waals surface area contributed by atoms with Gasteiger partial charge in [0.25, 0.3) is 5.91 Å². The van der Waals surface area contributed by atoms with E-state index in [9.17, 15) is 19.8 Å². The van der Waals surface area contributed by atoms with Crippen molar-refractivity contribution in [2.75, 3.05) is 32.5 Å². The number of imidazole rings is 1. The molecule has 2 aliphatic rings. The normalized spacial score (nSPS) is 16.7. The third-order valence-corrected chi connectivity index (χ3v) is 7.33. The zero-order valence-electron chi connectivity index (χ0n) is 23.8. The van der Waals surface area contributed by atoms with E-state index in [0.717, 1.165) is 25.7 Å². The topological polar surface area (TPSA) is 187 Å². The Morgan fingerprint density at radius 3 is 2.53 bits per heavy atom. The van der Waals surface area contributed by atoms with Crippen LogP contribution in [-0.4, -0.2) is 91.7 Å². The number of anilines is 1. The van der Waals surface area contributed by atoms with Crippen molar-refractivity contribution >= 4 is 29.0 Å². The number of likely N-dealkylation sites (tertiary alicyclic amines) is 1. The van der Waals surface area contributed by atoms with E-state index < -0.39 is 24.7 Å². The molecular weight excluding hydrogens is 558 g/mol. The first-order valence-electron chi connectivity index (χ1n) is 14.1. The van der Waals surface area contributed by atoms with Crippen LogP contribution >= 0.6 is 0 Å². The van der Waals surface area contributed by atoms with Crippen LogP contribution in [0.15, 0.2) is 30.6 Å². The van der Waals surface area contributed by atoms with Crippen molar-refractivity contribution in [1.82, 2.24) is 29.7 Å². The molecule has 3 aromatic rings. The van der Waals surface area contributed by atoms with E-state index in [-0.39, 0.29) is 30.5 Å². The second kappa shape index (κ2) is 13.7. The highest BCUT2D eigenvalue weighted by Crippen LogP contribution is 2.23. The van der Waals surface area contributed by atoms with Crippen LogP contribution < -0.4 is 20.5 Å². The summed E-state index contributed by atoms with van der Waals surface area (Å²) in [5, 5.41) is 22.3. The summed E-state index contributed by atoms with van der Waals surface area (Å²) in [6.07, 6.45) is 2.33. The van der Waals surface area contributed by atoms with Gasteiger partial charge < -0.3 is 40.4 Å². The number of nitrogens with two attached hydrogens (primary N) is 1. The minimum atomic E-state index is -1.39. The first-order chi connectivity index (χ1) is 20.8. The molecule has 5 N–H and O–H groups in total. The summed E-state index contributed by atoms with van der Waals surface area (Å²) >= 11 is 0. The van der Waals surface area contributed by atoms with Gasteiger partial charge in [0.05, 0.1) is 20.0 Å². The van der Waals surface area contributed by atoms with Gasteiger partial charge in [0.15, 0.2) is 17.6 Å². The number of piperidine rings is 1. The van der Waals surface area contributed by atoms with Crippen LogP contribution in [0.3, 0.4) is 0 Å². The molecule has 0 bridgehead atoms. The summed E-state index contributed by atoms with van der Waals surface area (Å²) in [7, 11) is 1.58. The fraction of sp³-hybridized carbons (Fsp3) is 0.483. The van der Waals surface area contributed by atoms with Crippen molar-refractivity contribution in [3.8, 4) is 23.3 Å². The predicted octanol–water partition coefficient (Wildman–Crippen LogP) is 1.04. The summed E-state index contributed by atoms with van der Waals surface area (Å²) in [6, 6.07) is 6.93. The van der Waals surface area contributed by atoms with Gasteiger partial charge in [-0.15, -0.1) is 0 Å². The molecule has 0 unspecified atom stereocenters. The van der Waals surface area contributed by atoms with Crippen LogP contribution in [0.4, 0.5) is 10.6 Å². The average molecular weight is 594 g/mol. The molecule has 2 aromatic heterocycles. The highest BCUT2D eigenvalue weighted by Gasteiger charge is 2.32. The molecule has 5 rings (SSSR count). The van der Waals surface area contributed by atoms with Crippen LogP contribution in [0.5, 0.6) is 11.5 Å².